The monoisotopic (exact) mass is 515 g/mol. The summed E-state index contributed by atoms with van der Waals surface area (Å²) < 4.78 is 62.5. The Hall–Kier alpha value is -2.33. The standard InChI is InChI=1S/C19H23F2N7O4S2/c1-10-6-27(7-11(9-29)32-10)13-5-12(34(30,31)26-19(2)3-4-19)8-28-15(13)22-23-16(28)18-25-24-17(33-18)14(20)21/h5,8,10-11,14,26,29H,3-4,6-7,9H2,1-2H3/t10-,11+/m0/s1. The molecule has 1 saturated heterocycles. The maximum absolute atomic E-state index is 13.2. The van der Waals surface area contributed by atoms with Crippen LogP contribution in [0.1, 0.15) is 38.1 Å². The molecule has 34 heavy (non-hydrogen) atoms. The van der Waals surface area contributed by atoms with E-state index in [-0.39, 0.29) is 28.4 Å². The molecule has 1 saturated carbocycles. The first-order valence-corrected chi connectivity index (χ1v) is 12.9. The number of fused-ring (bicyclic) bond motifs is 1. The zero-order valence-corrected chi connectivity index (χ0v) is 20.0. The highest BCUT2D eigenvalue weighted by molar-refractivity contribution is 7.89. The molecule has 184 valence electrons. The van der Waals surface area contributed by atoms with E-state index < -0.39 is 33.1 Å². The lowest BCUT2D eigenvalue weighted by molar-refractivity contribution is -0.0420. The van der Waals surface area contributed by atoms with Crippen molar-refractivity contribution in [1.29, 1.82) is 0 Å². The van der Waals surface area contributed by atoms with Gasteiger partial charge in [-0.3, -0.25) is 4.40 Å². The molecular weight excluding hydrogens is 492 g/mol. The second kappa shape index (κ2) is 8.41. The van der Waals surface area contributed by atoms with Crippen LogP contribution in [0, 0.1) is 0 Å². The molecule has 0 amide bonds. The van der Waals surface area contributed by atoms with Gasteiger partial charge in [-0.05, 0) is 32.8 Å². The maximum atomic E-state index is 13.2. The molecule has 4 heterocycles. The fourth-order valence-electron chi connectivity index (χ4n) is 3.91. The van der Waals surface area contributed by atoms with Gasteiger partial charge in [-0.1, -0.05) is 11.3 Å². The van der Waals surface area contributed by atoms with Gasteiger partial charge in [0.15, 0.2) is 21.5 Å². The number of anilines is 1. The summed E-state index contributed by atoms with van der Waals surface area (Å²) >= 11 is 0.665. The van der Waals surface area contributed by atoms with Crippen LogP contribution in [0.3, 0.4) is 0 Å². The Morgan fingerprint density at radius 1 is 1.29 bits per heavy atom. The van der Waals surface area contributed by atoms with Gasteiger partial charge in [0.1, 0.15) is 4.90 Å². The van der Waals surface area contributed by atoms with Crippen LogP contribution in [0.5, 0.6) is 0 Å². The fraction of sp³-hybridized carbons (Fsp3) is 0.579. The van der Waals surface area contributed by atoms with Crippen molar-refractivity contribution in [2.75, 3.05) is 24.6 Å². The van der Waals surface area contributed by atoms with Gasteiger partial charge in [-0.25, -0.2) is 21.9 Å². The summed E-state index contributed by atoms with van der Waals surface area (Å²) in [5, 5.41) is 24.9. The normalized spacial score (nSPS) is 22.6. The smallest absolute Gasteiger partial charge is 0.291 e. The highest BCUT2D eigenvalue weighted by Crippen LogP contribution is 2.37. The molecule has 3 aromatic heterocycles. The molecule has 2 atom stereocenters. The van der Waals surface area contributed by atoms with Crippen molar-refractivity contribution in [3.8, 4) is 10.8 Å². The third-order valence-corrected chi connectivity index (χ3v) is 8.37. The van der Waals surface area contributed by atoms with Crippen LogP contribution >= 0.6 is 11.3 Å². The minimum Gasteiger partial charge on any atom is -0.394 e. The fourth-order valence-corrected chi connectivity index (χ4v) is 6.07. The van der Waals surface area contributed by atoms with Crippen LogP contribution in [-0.4, -0.2) is 75.8 Å². The number of ether oxygens (including phenoxy) is 1. The Morgan fingerprint density at radius 3 is 2.71 bits per heavy atom. The highest BCUT2D eigenvalue weighted by atomic mass is 32.2. The van der Waals surface area contributed by atoms with Crippen molar-refractivity contribution in [2.45, 2.75) is 55.8 Å². The Kier molecular flexibility index (Phi) is 5.79. The zero-order valence-electron chi connectivity index (χ0n) is 18.3. The molecule has 3 aromatic rings. The number of sulfonamides is 1. The van der Waals surface area contributed by atoms with E-state index in [2.05, 4.69) is 25.1 Å². The van der Waals surface area contributed by atoms with Crippen LogP contribution in [0.4, 0.5) is 14.5 Å². The first-order valence-electron chi connectivity index (χ1n) is 10.6. The van der Waals surface area contributed by atoms with Gasteiger partial charge in [-0.2, -0.15) is 0 Å². The van der Waals surface area contributed by atoms with E-state index in [1.54, 1.807) is 0 Å². The van der Waals surface area contributed by atoms with Crippen molar-refractivity contribution >= 4 is 32.7 Å². The van der Waals surface area contributed by atoms with E-state index in [9.17, 15) is 22.3 Å². The first kappa shape index (κ1) is 23.4. The molecule has 0 bridgehead atoms. The molecule has 0 unspecified atom stereocenters. The minimum absolute atomic E-state index is 0.0255. The third kappa shape index (κ3) is 4.37. The van der Waals surface area contributed by atoms with Crippen LogP contribution in [0.25, 0.3) is 16.5 Å². The van der Waals surface area contributed by atoms with Crippen LogP contribution in [0.2, 0.25) is 0 Å². The number of halogens is 2. The van der Waals surface area contributed by atoms with Gasteiger partial charge >= 0.3 is 0 Å². The van der Waals surface area contributed by atoms with E-state index in [4.69, 9.17) is 4.74 Å². The van der Waals surface area contributed by atoms with Gasteiger partial charge in [0, 0.05) is 24.8 Å². The van der Waals surface area contributed by atoms with Crippen LogP contribution in [0.15, 0.2) is 17.2 Å². The molecule has 5 rings (SSSR count). The number of rotatable bonds is 7. The van der Waals surface area contributed by atoms with Gasteiger partial charge in [0.25, 0.3) is 6.43 Å². The Labute approximate surface area is 197 Å². The topological polar surface area (TPSA) is 135 Å². The highest BCUT2D eigenvalue weighted by Gasteiger charge is 2.41. The number of nitrogens with zero attached hydrogens (tertiary/aromatic N) is 6. The molecule has 1 aliphatic carbocycles. The maximum Gasteiger partial charge on any atom is 0.291 e. The quantitative estimate of drug-likeness (QED) is 0.481. The van der Waals surface area contributed by atoms with Crippen molar-refractivity contribution in [2.24, 2.45) is 0 Å². The SMILES string of the molecule is C[C@H]1CN(c2cc(S(=O)(=O)NC3(C)CC3)cn3c(-c4nnc(C(F)F)s4)nnc23)C[C@H](CO)O1. The first-order chi connectivity index (χ1) is 16.1. The number of morpholine rings is 1. The molecule has 15 heteroatoms. The van der Waals surface area contributed by atoms with Gasteiger partial charge in [0.05, 0.1) is 24.5 Å². The lowest BCUT2D eigenvalue weighted by atomic mass is 10.2. The number of aliphatic hydroxyl groups is 1. The van der Waals surface area contributed by atoms with Gasteiger partial charge in [0.2, 0.25) is 10.0 Å². The second-order valence-electron chi connectivity index (χ2n) is 8.85. The summed E-state index contributed by atoms with van der Waals surface area (Å²) in [6.45, 7) is 4.22. The van der Waals surface area contributed by atoms with Gasteiger partial charge in [-0.15, -0.1) is 20.4 Å². The number of hydrogen-bond acceptors (Lipinski definition) is 10. The Bertz CT molecular complexity index is 1330. The number of aromatic nitrogens is 5. The molecular formula is C19H23F2N7O4S2. The molecule has 2 N–H and O–H groups in total. The molecule has 11 nitrogen and oxygen atoms in total. The average Bonchev–Trinajstić information content (AvgIpc) is 3.18. The molecule has 0 radical (unpaired) electrons. The average molecular weight is 516 g/mol. The van der Waals surface area contributed by atoms with Crippen molar-refractivity contribution < 1.29 is 27.0 Å². The Balaban J connectivity index is 1.66. The zero-order chi connectivity index (χ0) is 24.3. The third-order valence-electron chi connectivity index (χ3n) is 5.84. The summed E-state index contributed by atoms with van der Waals surface area (Å²) in [6.07, 6.45) is -0.649. The Morgan fingerprint density at radius 2 is 2.06 bits per heavy atom. The minimum atomic E-state index is -3.91. The molecule has 0 spiro atoms. The van der Waals surface area contributed by atoms with Crippen molar-refractivity contribution in [1.82, 2.24) is 29.5 Å². The lowest BCUT2D eigenvalue weighted by Crippen LogP contribution is -2.48. The van der Waals surface area contributed by atoms with E-state index >= 15 is 0 Å². The van der Waals surface area contributed by atoms with Crippen LogP contribution < -0.4 is 9.62 Å². The number of nitrogens with one attached hydrogen (secondary N) is 1. The number of aliphatic hydroxyl groups excluding tert-OH is 1. The molecule has 1 aliphatic heterocycles. The van der Waals surface area contributed by atoms with Crippen molar-refractivity contribution in [3.63, 3.8) is 0 Å². The van der Waals surface area contributed by atoms with E-state index in [1.165, 1.54) is 16.7 Å². The molecule has 2 fully saturated rings. The van der Waals surface area contributed by atoms with E-state index in [0.29, 0.717) is 35.8 Å². The summed E-state index contributed by atoms with van der Waals surface area (Å²) in [6, 6.07) is 1.51. The second-order valence-corrected chi connectivity index (χ2v) is 11.5. The molecule has 0 aromatic carbocycles. The lowest BCUT2D eigenvalue weighted by Gasteiger charge is -2.37. The number of pyridine rings is 1. The summed E-state index contributed by atoms with van der Waals surface area (Å²) in [4.78, 5) is 1.85. The van der Waals surface area contributed by atoms with E-state index in [0.717, 1.165) is 12.8 Å². The van der Waals surface area contributed by atoms with E-state index in [1.807, 2.05) is 18.7 Å². The van der Waals surface area contributed by atoms with Crippen molar-refractivity contribution in [3.05, 3.63) is 17.3 Å². The summed E-state index contributed by atoms with van der Waals surface area (Å²) in [7, 11) is -3.91. The summed E-state index contributed by atoms with van der Waals surface area (Å²) in [5.41, 5.74) is 0.297. The largest absolute Gasteiger partial charge is 0.394 e. The number of hydrogen-bond donors (Lipinski definition) is 2. The predicted molar refractivity (Wildman–Crippen MR) is 118 cm³/mol. The summed E-state index contributed by atoms with van der Waals surface area (Å²) in [5.74, 6) is 0.107. The number of alkyl halides is 2. The predicted octanol–water partition coefficient (Wildman–Crippen LogP) is 1.60. The van der Waals surface area contributed by atoms with Gasteiger partial charge < -0.3 is 14.7 Å². The molecule has 2 aliphatic rings. The van der Waals surface area contributed by atoms with Crippen LogP contribution in [-0.2, 0) is 14.8 Å².